The number of carbonyl (C=O) groups excluding carboxylic acids is 1. The van der Waals surface area contributed by atoms with Gasteiger partial charge in [-0.3, -0.25) is 4.79 Å². The zero-order chi connectivity index (χ0) is 24.5. The van der Waals surface area contributed by atoms with Crippen molar-refractivity contribution in [3.05, 3.63) is 115 Å². The van der Waals surface area contributed by atoms with Gasteiger partial charge in [-0.2, -0.15) is 4.79 Å². The Kier molecular flexibility index (Phi) is 5.27. The molecule has 0 aliphatic heterocycles. The first-order chi connectivity index (χ1) is 17.6. The summed E-state index contributed by atoms with van der Waals surface area (Å²) in [7, 11) is 0. The lowest BCUT2D eigenvalue weighted by Gasteiger charge is -2.12. The van der Waals surface area contributed by atoms with E-state index in [9.17, 15) is 9.90 Å². The molecule has 7 nitrogen and oxygen atoms in total. The maximum absolute atomic E-state index is 13.5. The Morgan fingerprint density at radius 1 is 0.806 bits per heavy atom. The van der Waals surface area contributed by atoms with Crippen molar-refractivity contribution < 1.29 is 14.3 Å². The first-order valence-electron chi connectivity index (χ1n) is 11.3. The lowest BCUT2D eigenvalue weighted by atomic mass is 9.99. The number of nitrogens with zero attached hydrogens (tertiary/aromatic N) is 3. The van der Waals surface area contributed by atoms with Crippen LogP contribution in [0.5, 0.6) is 5.75 Å². The molecule has 2 N–H and O–H groups in total. The molecule has 1 amide bonds. The van der Waals surface area contributed by atoms with E-state index in [4.69, 9.17) is 9.40 Å². The normalized spacial score (nSPS) is 11.0. The van der Waals surface area contributed by atoms with Crippen molar-refractivity contribution in [3.8, 4) is 39.6 Å². The first kappa shape index (κ1) is 21.4. The van der Waals surface area contributed by atoms with Gasteiger partial charge >= 0.3 is 0 Å². The fourth-order valence-corrected chi connectivity index (χ4v) is 4.11. The van der Waals surface area contributed by atoms with E-state index in [1.807, 2.05) is 66.7 Å². The molecule has 0 aliphatic carbocycles. The molecule has 0 spiro atoms. The van der Waals surface area contributed by atoms with Gasteiger partial charge in [-0.1, -0.05) is 48.5 Å². The predicted molar refractivity (Wildman–Crippen MR) is 138 cm³/mol. The van der Waals surface area contributed by atoms with Gasteiger partial charge in [0, 0.05) is 17.1 Å². The predicted octanol–water partition coefficient (Wildman–Crippen LogP) is 6.11. The van der Waals surface area contributed by atoms with Gasteiger partial charge in [0.25, 0.3) is 5.91 Å². The quantitative estimate of drug-likeness (QED) is 0.316. The smallest absolute Gasteiger partial charge is 0.272 e. The molecule has 3 heterocycles. The van der Waals surface area contributed by atoms with Crippen LogP contribution in [0.2, 0.25) is 0 Å². The number of nitrogens with one attached hydrogen (secondary N) is 1. The van der Waals surface area contributed by atoms with Crippen LogP contribution in [0.4, 0.5) is 0 Å². The van der Waals surface area contributed by atoms with Crippen LogP contribution >= 0.6 is 0 Å². The summed E-state index contributed by atoms with van der Waals surface area (Å²) in [5.74, 6) is 0.487. The van der Waals surface area contributed by atoms with Crippen molar-refractivity contribution in [1.29, 1.82) is 0 Å². The van der Waals surface area contributed by atoms with E-state index >= 15 is 0 Å². The summed E-state index contributed by atoms with van der Waals surface area (Å²) in [6.07, 6.45) is 3.24. The highest BCUT2D eigenvalue weighted by atomic mass is 16.3. The van der Waals surface area contributed by atoms with Crippen LogP contribution < -0.4 is 5.43 Å². The maximum atomic E-state index is 13.5. The number of amides is 1. The second-order valence-electron chi connectivity index (χ2n) is 8.26. The highest BCUT2D eigenvalue weighted by Crippen LogP contribution is 2.30. The second-order valence-corrected chi connectivity index (χ2v) is 8.26. The molecule has 6 rings (SSSR count). The Hall–Kier alpha value is -5.17. The number of hydrogen-bond acceptors (Lipinski definition) is 5. The monoisotopic (exact) mass is 472 g/mol. The lowest BCUT2D eigenvalue weighted by molar-refractivity contribution is 0.101. The Balaban J connectivity index is 1.44. The number of carbonyl (C=O) groups is 1. The number of furan rings is 1. The number of phenols is 1. The van der Waals surface area contributed by atoms with E-state index in [0.717, 1.165) is 16.7 Å². The van der Waals surface area contributed by atoms with Gasteiger partial charge in [-0.05, 0) is 59.7 Å². The third kappa shape index (κ3) is 4.10. The van der Waals surface area contributed by atoms with Crippen molar-refractivity contribution in [3.63, 3.8) is 0 Å². The summed E-state index contributed by atoms with van der Waals surface area (Å²) in [5.41, 5.74) is 8.05. The Labute approximate surface area is 206 Å². The highest BCUT2D eigenvalue weighted by molar-refractivity contribution is 6.11. The zero-order valence-corrected chi connectivity index (χ0v) is 19.0. The Bertz CT molecular complexity index is 1670. The molecule has 0 atom stereocenters. The van der Waals surface area contributed by atoms with Crippen molar-refractivity contribution in [1.82, 2.24) is 14.9 Å². The third-order valence-corrected chi connectivity index (χ3v) is 5.90. The summed E-state index contributed by atoms with van der Waals surface area (Å²) < 4.78 is 5.39. The Morgan fingerprint density at radius 3 is 2.39 bits per heavy atom. The molecule has 0 fully saturated rings. The molecule has 0 saturated heterocycles. The lowest BCUT2D eigenvalue weighted by Crippen LogP contribution is -2.23. The van der Waals surface area contributed by atoms with Gasteiger partial charge in [0.2, 0.25) is 0 Å². The number of phenolic OH excluding ortho intramolecular Hbond substituents is 1. The van der Waals surface area contributed by atoms with E-state index in [1.165, 1.54) is 4.79 Å². The minimum Gasteiger partial charge on any atom is -0.508 e. The second kappa shape index (κ2) is 8.88. The molecular formula is C29H20N4O3. The number of benzene rings is 3. The van der Waals surface area contributed by atoms with Crippen LogP contribution in [-0.4, -0.2) is 25.9 Å². The van der Waals surface area contributed by atoms with E-state index in [-0.39, 0.29) is 11.7 Å². The molecular weight excluding hydrogens is 452 g/mol. The highest BCUT2D eigenvalue weighted by Gasteiger charge is 2.16. The number of aromatic nitrogens is 3. The molecule has 3 aromatic heterocycles. The Morgan fingerprint density at radius 2 is 1.61 bits per heavy atom. The topological polar surface area (TPSA) is 93.2 Å². The summed E-state index contributed by atoms with van der Waals surface area (Å²) >= 11 is 0. The van der Waals surface area contributed by atoms with Crippen LogP contribution in [0.25, 0.3) is 44.7 Å². The van der Waals surface area contributed by atoms with Crippen LogP contribution in [0.1, 0.15) is 10.4 Å². The van der Waals surface area contributed by atoms with Gasteiger partial charge in [0.1, 0.15) is 11.4 Å². The summed E-state index contributed by atoms with van der Waals surface area (Å²) in [5, 5.41) is 14.8. The largest absolute Gasteiger partial charge is 0.508 e. The number of rotatable bonds is 5. The minimum atomic E-state index is -0.323. The zero-order valence-electron chi connectivity index (χ0n) is 19.0. The van der Waals surface area contributed by atoms with Crippen molar-refractivity contribution in [2.45, 2.75) is 0 Å². The molecule has 0 radical (unpaired) electrons. The van der Waals surface area contributed by atoms with Crippen molar-refractivity contribution in [2.24, 2.45) is 0 Å². The summed E-state index contributed by atoms with van der Waals surface area (Å²) in [4.78, 5) is 19.7. The van der Waals surface area contributed by atoms with E-state index < -0.39 is 0 Å². The van der Waals surface area contributed by atoms with Gasteiger partial charge < -0.3 is 9.52 Å². The SMILES string of the molecule is O=C(Nn1ccc(-c2ccco2)n1)c1cc(-c2ccccc2)nc2ccc(-c3ccc(O)cc3)cc12. The van der Waals surface area contributed by atoms with Crippen LogP contribution in [0.3, 0.4) is 0 Å². The molecule has 0 bridgehead atoms. The molecule has 0 saturated carbocycles. The average Bonchev–Trinajstić information content (AvgIpc) is 3.61. The summed E-state index contributed by atoms with van der Waals surface area (Å²) in [6, 6.07) is 29.6. The van der Waals surface area contributed by atoms with Gasteiger partial charge in [0.05, 0.1) is 23.0 Å². The molecule has 6 aromatic rings. The van der Waals surface area contributed by atoms with Crippen LogP contribution in [0, 0.1) is 0 Å². The van der Waals surface area contributed by atoms with Crippen molar-refractivity contribution >= 4 is 16.8 Å². The number of aromatic hydroxyl groups is 1. The molecule has 7 heteroatoms. The fraction of sp³-hybridized carbons (Fsp3) is 0. The average molecular weight is 473 g/mol. The first-order valence-corrected chi connectivity index (χ1v) is 11.3. The number of pyridine rings is 1. The van der Waals surface area contributed by atoms with E-state index in [0.29, 0.717) is 33.6 Å². The molecule has 3 aromatic carbocycles. The van der Waals surface area contributed by atoms with Crippen molar-refractivity contribution in [2.75, 3.05) is 5.43 Å². The fourth-order valence-electron chi connectivity index (χ4n) is 4.11. The van der Waals surface area contributed by atoms with Gasteiger partial charge in [-0.25, -0.2) is 10.4 Å². The molecule has 0 aliphatic rings. The molecule has 36 heavy (non-hydrogen) atoms. The minimum absolute atomic E-state index is 0.196. The van der Waals surface area contributed by atoms with Gasteiger partial charge in [-0.15, -0.1) is 5.10 Å². The van der Waals surface area contributed by atoms with Gasteiger partial charge in [0.15, 0.2) is 5.76 Å². The number of hydrogen-bond donors (Lipinski definition) is 2. The van der Waals surface area contributed by atoms with Crippen LogP contribution in [0.15, 0.2) is 114 Å². The molecule has 0 unspecified atom stereocenters. The standard InChI is InChI=1S/C29H20N4O3/c34-22-11-8-19(9-12-22)21-10-13-25-23(17-21)24(18-27(30-25)20-5-2-1-3-6-20)29(35)32-33-15-14-26(31-33)28-7-4-16-36-28/h1-18,34H,(H,32,35). The summed E-state index contributed by atoms with van der Waals surface area (Å²) in [6.45, 7) is 0. The van der Waals surface area contributed by atoms with Crippen LogP contribution in [-0.2, 0) is 0 Å². The van der Waals surface area contributed by atoms with E-state index in [2.05, 4.69) is 10.5 Å². The third-order valence-electron chi connectivity index (χ3n) is 5.90. The van der Waals surface area contributed by atoms with E-state index in [1.54, 1.807) is 42.8 Å². The maximum Gasteiger partial charge on any atom is 0.272 e. The number of fused-ring (bicyclic) bond motifs is 1. The molecule has 174 valence electrons.